The van der Waals surface area contributed by atoms with Crippen LogP contribution < -0.4 is 10.9 Å². The van der Waals surface area contributed by atoms with Gasteiger partial charge in [0.15, 0.2) is 5.16 Å². The Kier molecular flexibility index (Phi) is 5.79. The van der Waals surface area contributed by atoms with E-state index < -0.39 is 0 Å². The fraction of sp³-hybridized carbons (Fsp3) is 0.409. The number of nitrogens with zero attached hydrogens (tertiary/aromatic N) is 2. The van der Waals surface area contributed by atoms with Crippen molar-refractivity contribution in [2.24, 2.45) is 0 Å². The number of benzene rings is 1. The van der Waals surface area contributed by atoms with Crippen molar-refractivity contribution in [3.05, 3.63) is 50.6 Å². The number of fused-ring (bicyclic) bond motifs is 3. The fourth-order valence-electron chi connectivity index (χ4n) is 3.59. The van der Waals surface area contributed by atoms with Crippen LogP contribution in [0, 0.1) is 6.92 Å². The van der Waals surface area contributed by atoms with Gasteiger partial charge in [-0.3, -0.25) is 14.2 Å². The van der Waals surface area contributed by atoms with Gasteiger partial charge in [-0.05, 0) is 57.2 Å². The summed E-state index contributed by atoms with van der Waals surface area (Å²) < 4.78 is 1.67. The maximum atomic E-state index is 13.5. The van der Waals surface area contributed by atoms with Gasteiger partial charge in [-0.15, -0.1) is 11.3 Å². The van der Waals surface area contributed by atoms with Gasteiger partial charge in [-0.25, -0.2) is 4.98 Å². The van der Waals surface area contributed by atoms with Gasteiger partial charge >= 0.3 is 0 Å². The lowest BCUT2D eigenvalue weighted by atomic mass is 10.2. The molecule has 0 radical (unpaired) electrons. The first-order valence-electron chi connectivity index (χ1n) is 10.0. The summed E-state index contributed by atoms with van der Waals surface area (Å²) in [6.45, 7) is 6.05. The lowest BCUT2D eigenvalue weighted by Crippen LogP contribution is -2.33. The van der Waals surface area contributed by atoms with Crippen LogP contribution >= 0.6 is 23.1 Å². The van der Waals surface area contributed by atoms with Crippen LogP contribution in [-0.2, 0) is 17.6 Å². The number of thiophene rings is 1. The van der Waals surface area contributed by atoms with Gasteiger partial charge in [0.1, 0.15) is 4.83 Å². The number of thioether (sulfide) groups is 1. The number of aryl methyl sites for hydroxylation is 3. The molecule has 7 heteroatoms. The third kappa shape index (κ3) is 3.98. The predicted octanol–water partition coefficient (Wildman–Crippen LogP) is 4.25. The highest BCUT2D eigenvalue weighted by Crippen LogP contribution is 2.36. The van der Waals surface area contributed by atoms with Crippen LogP contribution in [0.15, 0.2) is 34.2 Å². The van der Waals surface area contributed by atoms with Crippen molar-refractivity contribution in [3.8, 4) is 5.69 Å². The molecule has 29 heavy (non-hydrogen) atoms. The molecule has 152 valence electrons. The van der Waals surface area contributed by atoms with Crippen LogP contribution in [-0.4, -0.2) is 27.3 Å². The number of amides is 1. The van der Waals surface area contributed by atoms with E-state index in [4.69, 9.17) is 4.98 Å². The molecule has 2 heterocycles. The van der Waals surface area contributed by atoms with E-state index in [0.717, 1.165) is 47.2 Å². The molecule has 1 amide bonds. The summed E-state index contributed by atoms with van der Waals surface area (Å²) in [5.74, 6) is 0.196. The SMILES string of the molecule is CCC(C)NC(=O)CSc1nc2sc3c(c2c(=O)n1-c1ccc(C)cc1)CCC3. The lowest BCUT2D eigenvalue weighted by molar-refractivity contribution is -0.119. The molecule has 2 aromatic heterocycles. The average Bonchev–Trinajstić information content (AvgIpc) is 3.28. The second kappa shape index (κ2) is 8.32. The van der Waals surface area contributed by atoms with Gasteiger partial charge in [0.25, 0.3) is 5.56 Å². The molecule has 4 rings (SSSR count). The first-order chi connectivity index (χ1) is 14.0. The minimum absolute atomic E-state index is 0.0249. The minimum Gasteiger partial charge on any atom is -0.353 e. The van der Waals surface area contributed by atoms with Crippen LogP contribution in [0.3, 0.4) is 0 Å². The zero-order chi connectivity index (χ0) is 20.5. The molecule has 1 N–H and O–H groups in total. The van der Waals surface area contributed by atoms with Crippen molar-refractivity contribution < 1.29 is 4.79 Å². The molecular weight excluding hydrogens is 402 g/mol. The number of carbonyl (C=O) groups excluding carboxylic acids is 1. The third-order valence-corrected chi connectivity index (χ3v) is 7.48. The number of aromatic nitrogens is 2. The molecule has 0 saturated carbocycles. The summed E-state index contributed by atoms with van der Waals surface area (Å²) in [5, 5.41) is 4.31. The van der Waals surface area contributed by atoms with Crippen molar-refractivity contribution in [1.82, 2.24) is 14.9 Å². The molecule has 1 aromatic carbocycles. The number of nitrogens with one attached hydrogen (secondary N) is 1. The monoisotopic (exact) mass is 427 g/mol. The van der Waals surface area contributed by atoms with Crippen LogP contribution in [0.4, 0.5) is 0 Å². The van der Waals surface area contributed by atoms with E-state index in [0.29, 0.717) is 5.16 Å². The zero-order valence-corrected chi connectivity index (χ0v) is 18.6. The minimum atomic E-state index is -0.0390. The molecule has 0 saturated heterocycles. The Bertz CT molecular complexity index is 1120. The van der Waals surface area contributed by atoms with Gasteiger partial charge in [0.2, 0.25) is 5.91 Å². The summed E-state index contributed by atoms with van der Waals surface area (Å²) in [4.78, 5) is 32.8. The largest absolute Gasteiger partial charge is 0.353 e. The molecule has 1 aliphatic carbocycles. The number of rotatable bonds is 6. The van der Waals surface area contributed by atoms with Gasteiger partial charge in [-0.2, -0.15) is 0 Å². The lowest BCUT2D eigenvalue weighted by Gasteiger charge is -2.14. The molecule has 1 atom stereocenters. The second-order valence-corrected chi connectivity index (χ2v) is 9.60. The van der Waals surface area contributed by atoms with Gasteiger partial charge < -0.3 is 5.32 Å². The number of hydrogen-bond donors (Lipinski definition) is 1. The van der Waals surface area contributed by atoms with Crippen LogP contribution in [0.5, 0.6) is 0 Å². The van der Waals surface area contributed by atoms with E-state index >= 15 is 0 Å². The van der Waals surface area contributed by atoms with Crippen LogP contribution in [0.2, 0.25) is 0 Å². The van der Waals surface area contributed by atoms with Gasteiger partial charge in [0.05, 0.1) is 16.8 Å². The Balaban J connectivity index is 1.77. The quantitative estimate of drug-likeness (QED) is 0.472. The fourth-order valence-corrected chi connectivity index (χ4v) is 5.72. The Hall–Kier alpha value is -2.12. The van der Waals surface area contributed by atoms with E-state index in [2.05, 4.69) is 5.32 Å². The van der Waals surface area contributed by atoms with Crippen LogP contribution in [0.25, 0.3) is 15.9 Å². The Labute approximate surface area is 178 Å². The molecule has 5 nitrogen and oxygen atoms in total. The molecular formula is C22H25N3O2S2. The second-order valence-electron chi connectivity index (χ2n) is 7.57. The van der Waals surface area contributed by atoms with E-state index in [1.54, 1.807) is 15.9 Å². The molecule has 1 unspecified atom stereocenters. The standard InChI is InChI=1S/C22H25N3O2S2/c1-4-14(3)23-18(26)12-28-22-24-20-19(16-6-5-7-17(16)29-20)21(27)25(22)15-10-8-13(2)9-11-15/h8-11,14H,4-7,12H2,1-3H3,(H,23,26). The van der Waals surface area contributed by atoms with Crippen molar-refractivity contribution in [1.29, 1.82) is 0 Å². The number of carbonyl (C=O) groups is 1. The maximum Gasteiger partial charge on any atom is 0.267 e. The van der Waals surface area contributed by atoms with Gasteiger partial charge in [0, 0.05) is 10.9 Å². The first-order valence-corrected chi connectivity index (χ1v) is 11.8. The van der Waals surface area contributed by atoms with E-state index in [1.807, 2.05) is 45.0 Å². The summed E-state index contributed by atoms with van der Waals surface area (Å²) in [7, 11) is 0. The Morgan fingerprint density at radius 3 is 2.79 bits per heavy atom. The predicted molar refractivity (Wildman–Crippen MR) is 121 cm³/mol. The normalized spacial score (nSPS) is 14.2. The molecule has 0 spiro atoms. The summed E-state index contributed by atoms with van der Waals surface area (Å²) in [6.07, 6.45) is 3.97. The summed E-state index contributed by atoms with van der Waals surface area (Å²) in [6, 6.07) is 8.01. The highest BCUT2D eigenvalue weighted by atomic mass is 32.2. The van der Waals surface area contributed by atoms with Crippen LogP contribution in [0.1, 0.15) is 42.7 Å². The molecule has 0 bridgehead atoms. The van der Waals surface area contributed by atoms with Crippen molar-refractivity contribution in [2.75, 3.05) is 5.75 Å². The molecule has 0 aliphatic heterocycles. The van der Waals surface area contributed by atoms with Crippen molar-refractivity contribution in [3.63, 3.8) is 0 Å². The third-order valence-electron chi connectivity index (χ3n) is 5.35. The summed E-state index contributed by atoms with van der Waals surface area (Å²) in [5.41, 5.74) is 3.07. The molecule has 3 aromatic rings. The smallest absolute Gasteiger partial charge is 0.267 e. The van der Waals surface area contributed by atoms with Crippen molar-refractivity contribution >= 4 is 39.2 Å². The highest BCUT2D eigenvalue weighted by Gasteiger charge is 2.24. The Morgan fingerprint density at radius 1 is 1.31 bits per heavy atom. The molecule has 0 fully saturated rings. The van der Waals surface area contributed by atoms with Crippen molar-refractivity contribution in [2.45, 2.75) is 57.7 Å². The van der Waals surface area contributed by atoms with E-state index in [1.165, 1.54) is 22.2 Å². The maximum absolute atomic E-state index is 13.5. The van der Waals surface area contributed by atoms with Gasteiger partial charge in [-0.1, -0.05) is 36.4 Å². The number of hydrogen-bond acceptors (Lipinski definition) is 5. The highest BCUT2D eigenvalue weighted by molar-refractivity contribution is 7.99. The average molecular weight is 428 g/mol. The van der Waals surface area contributed by atoms with E-state index in [9.17, 15) is 9.59 Å². The molecule has 1 aliphatic rings. The Morgan fingerprint density at radius 2 is 2.07 bits per heavy atom. The van der Waals surface area contributed by atoms with E-state index in [-0.39, 0.29) is 23.3 Å². The summed E-state index contributed by atoms with van der Waals surface area (Å²) >= 11 is 2.95. The zero-order valence-electron chi connectivity index (χ0n) is 16.9. The topological polar surface area (TPSA) is 64.0 Å². The first kappa shape index (κ1) is 20.2.